The molecule has 1 fully saturated rings. The maximum atomic E-state index is 13.1. The molecule has 1 aliphatic carbocycles. The predicted octanol–water partition coefficient (Wildman–Crippen LogP) is 7.35. The third-order valence-corrected chi connectivity index (χ3v) is 7.62. The topological polar surface area (TPSA) is 66.8 Å². The zero-order chi connectivity index (χ0) is 25.1. The van der Waals surface area contributed by atoms with Crippen LogP contribution in [0.25, 0.3) is 11.1 Å². The van der Waals surface area contributed by atoms with E-state index in [0.717, 1.165) is 46.4 Å². The van der Waals surface area contributed by atoms with Gasteiger partial charge in [-0.3, -0.25) is 4.79 Å². The number of aromatic carboxylic acids is 1. The summed E-state index contributed by atoms with van der Waals surface area (Å²) in [6, 6.07) is 18.9. The van der Waals surface area contributed by atoms with Crippen LogP contribution in [0.2, 0.25) is 5.02 Å². The molecule has 0 saturated heterocycles. The maximum Gasteiger partial charge on any atom is 0.337 e. The van der Waals surface area contributed by atoms with E-state index in [2.05, 4.69) is 4.90 Å². The van der Waals surface area contributed by atoms with Crippen LogP contribution < -0.4 is 4.74 Å². The molecule has 36 heavy (non-hydrogen) atoms. The second-order valence-electron chi connectivity index (χ2n) is 9.74. The summed E-state index contributed by atoms with van der Waals surface area (Å²) in [6.45, 7) is 1.03. The van der Waals surface area contributed by atoms with Crippen LogP contribution >= 0.6 is 11.6 Å². The third-order valence-electron chi connectivity index (χ3n) is 7.29. The Morgan fingerprint density at radius 1 is 0.944 bits per heavy atom. The summed E-state index contributed by atoms with van der Waals surface area (Å²) in [5.41, 5.74) is 4.55. The molecule has 1 saturated carbocycles. The van der Waals surface area contributed by atoms with Crippen molar-refractivity contribution in [3.8, 4) is 16.9 Å². The fourth-order valence-electron chi connectivity index (χ4n) is 5.33. The number of amides is 1. The molecule has 1 heterocycles. The lowest BCUT2D eigenvalue weighted by Crippen LogP contribution is -2.35. The summed E-state index contributed by atoms with van der Waals surface area (Å²) in [5.74, 6) is -0.158. The van der Waals surface area contributed by atoms with E-state index < -0.39 is 5.97 Å². The van der Waals surface area contributed by atoms with Gasteiger partial charge in [0.1, 0.15) is 12.4 Å². The summed E-state index contributed by atoms with van der Waals surface area (Å²) in [5, 5.41) is 9.59. The number of benzene rings is 3. The SMILES string of the molecule is O=C(O)c1cc(-c2cccc(COc3ccc4c(c3)CN(C3CCCCCCC3)C4=O)c2)ccc1Cl. The first-order valence-electron chi connectivity index (χ1n) is 12.7. The summed E-state index contributed by atoms with van der Waals surface area (Å²) >= 11 is 6.02. The van der Waals surface area contributed by atoms with E-state index >= 15 is 0 Å². The molecular formula is C30H30ClNO4. The average molecular weight is 504 g/mol. The Morgan fingerprint density at radius 2 is 1.69 bits per heavy atom. The molecule has 6 heteroatoms. The van der Waals surface area contributed by atoms with Crippen molar-refractivity contribution in [1.82, 2.24) is 4.90 Å². The number of hydrogen-bond acceptors (Lipinski definition) is 3. The molecule has 0 radical (unpaired) electrons. The largest absolute Gasteiger partial charge is 0.489 e. The number of carboxylic acid groups (broad SMARTS) is 1. The fraction of sp³-hybridized carbons (Fsp3) is 0.333. The molecule has 3 aromatic carbocycles. The van der Waals surface area contributed by atoms with E-state index in [1.165, 1.54) is 32.1 Å². The summed E-state index contributed by atoms with van der Waals surface area (Å²) < 4.78 is 6.10. The van der Waals surface area contributed by atoms with E-state index in [4.69, 9.17) is 16.3 Å². The van der Waals surface area contributed by atoms with Crippen molar-refractivity contribution in [3.05, 3.63) is 87.9 Å². The molecule has 0 atom stereocenters. The predicted molar refractivity (Wildman–Crippen MR) is 141 cm³/mol. The first kappa shape index (κ1) is 24.4. The van der Waals surface area contributed by atoms with Gasteiger partial charge in [0.15, 0.2) is 0 Å². The zero-order valence-corrected chi connectivity index (χ0v) is 21.0. The number of nitrogens with zero attached hydrogens (tertiary/aromatic N) is 1. The molecule has 186 valence electrons. The van der Waals surface area contributed by atoms with Crippen molar-refractivity contribution in [2.45, 2.75) is 64.1 Å². The van der Waals surface area contributed by atoms with Gasteiger partial charge in [-0.25, -0.2) is 4.79 Å². The Balaban J connectivity index is 1.27. The van der Waals surface area contributed by atoms with Crippen molar-refractivity contribution in [1.29, 1.82) is 0 Å². The number of ether oxygens (including phenoxy) is 1. The highest BCUT2D eigenvalue weighted by Gasteiger charge is 2.32. The molecular weight excluding hydrogens is 474 g/mol. The first-order valence-corrected chi connectivity index (χ1v) is 13.1. The number of carbonyl (C=O) groups excluding carboxylic acids is 1. The van der Waals surface area contributed by atoms with Crippen molar-refractivity contribution in [3.63, 3.8) is 0 Å². The normalized spacial score (nSPS) is 16.4. The van der Waals surface area contributed by atoms with Gasteiger partial charge >= 0.3 is 5.97 Å². The highest BCUT2D eigenvalue weighted by atomic mass is 35.5. The van der Waals surface area contributed by atoms with Gasteiger partial charge in [-0.1, -0.05) is 68.0 Å². The standard InChI is InChI=1S/C30H30ClNO4/c31-28-14-11-22(17-27(28)30(34)35)21-8-6-7-20(15-21)19-36-25-12-13-26-23(16-25)18-32(29(26)33)24-9-4-2-1-3-5-10-24/h6-8,11-17,24H,1-5,9-10,18-19H2,(H,34,35). The van der Waals surface area contributed by atoms with Crippen LogP contribution in [0.4, 0.5) is 0 Å². The lowest BCUT2D eigenvalue weighted by atomic mass is 9.96. The number of carbonyl (C=O) groups is 2. The fourth-order valence-corrected chi connectivity index (χ4v) is 5.53. The monoisotopic (exact) mass is 503 g/mol. The average Bonchev–Trinajstić information content (AvgIpc) is 3.18. The van der Waals surface area contributed by atoms with E-state index in [-0.39, 0.29) is 16.5 Å². The first-order chi connectivity index (χ1) is 17.5. The van der Waals surface area contributed by atoms with Gasteiger partial charge in [0.05, 0.1) is 10.6 Å². The Morgan fingerprint density at radius 3 is 2.47 bits per heavy atom. The minimum atomic E-state index is -1.05. The second kappa shape index (κ2) is 10.8. The van der Waals surface area contributed by atoms with E-state index in [1.807, 2.05) is 48.5 Å². The quantitative estimate of drug-likeness (QED) is 0.381. The minimum absolute atomic E-state index is 0.0805. The number of hydrogen-bond donors (Lipinski definition) is 1. The molecule has 1 aliphatic heterocycles. The lowest BCUT2D eigenvalue weighted by molar-refractivity contribution is 0.0670. The van der Waals surface area contributed by atoms with Crippen molar-refractivity contribution < 1.29 is 19.4 Å². The summed E-state index contributed by atoms with van der Waals surface area (Å²) in [7, 11) is 0. The highest BCUT2D eigenvalue weighted by Crippen LogP contribution is 2.32. The molecule has 5 nitrogen and oxygen atoms in total. The van der Waals surface area contributed by atoms with Crippen LogP contribution in [-0.2, 0) is 13.2 Å². The number of rotatable bonds is 6. The second-order valence-corrected chi connectivity index (χ2v) is 10.1. The highest BCUT2D eigenvalue weighted by molar-refractivity contribution is 6.33. The number of carboxylic acids is 1. The molecule has 0 aromatic heterocycles. The molecule has 5 rings (SSSR count). The molecule has 1 amide bonds. The van der Waals surface area contributed by atoms with Gasteiger partial charge in [-0.15, -0.1) is 0 Å². The Labute approximate surface area is 216 Å². The van der Waals surface area contributed by atoms with Gasteiger partial charge < -0.3 is 14.7 Å². The summed E-state index contributed by atoms with van der Waals surface area (Å²) in [4.78, 5) is 26.6. The molecule has 2 aliphatic rings. The minimum Gasteiger partial charge on any atom is -0.489 e. The number of halogens is 1. The molecule has 0 bridgehead atoms. The van der Waals surface area contributed by atoms with Gasteiger partial charge in [0, 0.05) is 18.2 Å². The number of fused-ring (bicyclic) bond motifs is 1. The smallest absolute Gasteiger partial charge is 0.337 e. The Bertz CT molecular complexity index is 1280. The van der Waals surface area contributed by atoms with E-state index in [9.17, 15) is 14.7 Å². The van der Waals surface area contributed by atoms with Crippen molar-refractivity contribution >= 4 is 23.5 Å². The third kappa shape index (κ3) is 5.26. The van der Waals surface area contributed by atoms with Crippen LogP contribution in [0.1, 0.15) is 76.8 Å². The van der Waals surface area contributed by atoms with Crippen LogP contribution in [-0.4, -0.2) is 27.9 Å². The van der Waals surface area contributed by atoms with E-state index in [0.29, 0.717) is 19.2 Å². The zero-order valence-electron chi connectivity index (χ0n) is 20.2. The molecule has 0 unspecified atom stereocenters. The van der Waals surface area contributed by atoms with Gasteiger partial charge in [-0.05, 0) is 71.5 Å². The van der Waals surface area contributed by atoms with Crippen LogP contribution in [0.15, 0.2) is 60.7 Å². The summed E-state index contributed by atoms with van der Waals surface area (Å²) in [6.07, 6.45) is 8.44. The van der Waals surface area contributed by atoms with Gasteiger partial charge in [0.25, 0.3) is 5.91 Å². The molecule has 0 spiro atoms. The van der Waals surface area contributed by atoms with Crippen LogP contribution in [0.3, 0.4) is 0 Å². The van der Waals surface area contributed by atoms with E-state index in [1.54, 1.807) is 12.1 Å². The lowest BCUT2D eigenvalue weighted by Gasteiger charge is -2.29. The van der Waals surface area contributed by atoms with Gasteiger partial charge in [-0.2, -0.15) is 0 Å². The Hall–Kier alpha value is -3.31. The van der Waals surface area contributed by atoms with Crippen molar-refractivity contribution in [2.24, 2.45) is 0 Å². The molecule has 3 aromatic rings. The maximum absolute atomic E-state index is 13.1. The van der Waals surface area contributed by atoms with Crippen LogP contribution in [0, 0.1) is 0 Å². The molecule has 1 N–H and O–H groups in total. The Kier molecular flexibility index (Phi) is 7.28. The van der Waals surface area contributed by atoms with Crippen LogP contribution in [0.5, 0.6) is 5.75 Å². The van der Waals surface area contributed by atoms with Crippen molar-refractivity contribution in [2.75, 3.05) is 0 Å². The van der Waals surface area contributed by atoms with Gasteiger partial charge in [0.2, 0.25) is 0 Å².